The van der Waals surface area contributed by atoms with Crippen LogP contribution in [0.15, 0.2) is 64.4 Å². The molecular formula is C16H16BrNOS. The van der Waals surface area contributed by atoms with E-state index in [1.165, 1.54) is 0 Å². The Labute approximate surface area is 132 Å². The van der Waals surface area contributed by atoms with E-state index in [0.29, 0.717) is 0 Å². The molecule has 0 fully saturated rings. The Hall–Kier alpha value is -1.26. The number of alkyl halides is 1. The molecule has 0 aliphatic rings. The predicted molar refractivity (Wildman–Crippen MR) is 88.6 cm³/mol. The average Bonchev–Trinajstić information content (AvgIpc) is 2.49. The Balaban J connectivity index is 2.16. The van der Waals surface area contributed by atoms with Gasteiger partial charge >= 0.3 is 0 Å². The minimum absolute atomic E-state index is 0.00592. The third kappa shape index (κ3) is 4.12. The molecule has 1 amide bonds. The fraction of sp³-hybridized carbons (Fsp3) is 0.188. The van der Waals surface area contributed by atoms with Crippen molar-refractivity contribution in [1.29, 1.82) is 0 Å². The molecule has 0 aliphatic heterocycles. The maximum atomic E-state index is 12.0. The van der Waals surface area contributed by atoms with Crippen molar-refractivity contribution < 1.29 is 4.79 Å². The van der Waals surface area contributed by atoms with Gasteiger partial charge in [-0.3, -0.25) is 4.79 Å². The van der Waals surface area contributed by atoms with Gasteiger partial charge in [-0.05, 0) is 30.7 Å². The largest absolute Gasteiger partial charge is 0.324 e. The second-order valence-electron chi connectivity index (χ2n) is 4.28. The lowest BCUT2D eigenvalue weighted by Gasteiger charge is -2.12. The summed E-state index contributed by atoms with van der Waals surface area (Å²) in [5.74, 6) is -0.00592. The second kappa shape index (κ2) is 7.50. The number of carbonyl (C=O) groups is 1. The molecule has 2 aromatic carbocycles. The summed E-state index contributed by atoms with van der Waals surface area (Å²) < 4.78 is 0. The molecule has 104 valence electrons. The van der Waals surface area contributed by atoms with Gasteiger partial charge in [0.1, 0.15) is 0 Å². The fourth-order valence-corrected chi connectivity index (χ4v) is 2.71. The van der Waals surface area contributed by atoms with E-state index < -0.39 is 0 Å². The van der Waals surface area contributed by atoms with Crippen LogP contribution in [-0.4, -0.2) is 10.7 Å². The first kappa shape index (κ1) is 15.1. The summed E-state index contributed by atoms with van der Waals surface area (Å²) in [7, 11) is 0. The standard InChI is InChI=1S/C16H16BrNOS/c1-2-13(17)16(19)18-14-10-6-7-11-15(14)20-12-8-4-3-5-9-12/h3-11,13H,2H2,1H3,(H,18,19). The van der Waals surface area contributed by atoms with Crippen molar-refractivity contribution in [2.75, 3.05) is 5.32 Å². The lowest BCUT2D eigenvalue weighted by atomic mass is 10.3. The van der Waals surface area contributed by atoms with Crippen LogP contribution in [0.5, 0.6) is 0 Å². The zero-order chi connectivity index (χ0) is 14.4. The summed E-state index contributed by atoms with van der Waals surface area (Å²) >= 11 is 5.02. The monoisotopic (exact) mass is 349 g/mol. The zero-order valence-electron chi connectivity index (χ0n) is 11.2. The highest BCUT2D eigenvalue weighted by Crippen LogP contribution is 2.33. The lowest BCUT2D eigenvalue weighted by molar-refractivity contribution is -0.115. The number of hydrogen-bond acceptors (Lipinski definition) is 2. The van der Waals surface area contributed by atoms with Gasteiger partial charge in [-0.1, -0.05) is 64.9 Å². The van der Waals surface area contributed by atoms with Crippen LogP contribution in [0.3, 0.4) is 0 Å². The van der Waals surface area contributed by atoms with Crippen molar-refractivity contribution in [2.24, 2.45) is 0 Å². The summed E-state index contributed by atoms with van der Waals surface area (Å²) in [6, 6.07) is 18.0. The van der Waals surface area contributed by atoms with E-state index in [-0.39, 0.29) is 10.7 Å². The minimum atomic E-state index is -0.155. The average molecular weight is 350 g/mol. The Kier molecular flexibility index (Phi) is 5.68. The molecule has 4 heteroatoms. The van der Waals surface area contributed by atoms with Crippen molar-refractivity contribution in [3.8, 4) is 0 Å². The Morgan fingerprint density at radius 2 is 1.80 bits per heavy atom. The number of hydrogen-bond donors (Lipinski definition) is 1. The highest BCUT2D eigenvalue weighted by Gasteiger charge is 2.14. The van der Waals surface area contributed by atoms with E-state index in [4.69, 9.17) is 0 Å². The van der Waals surface area contributed by atoms with Crippen molar-refractivity contribution in [1.82, 2.24) is 0 Å². The van der Waals surface area contributed by atoms with Gasteiger partial charge in [0.05, 0.1) is 10.5 Å². The molecule has 2 rings (SSSR count). The molecule has 0 saturated carbocycles. The number of rotatable bonds is 5. The molecule has 0 aromatic heterocycles. The van der Waals surface area contributed by atoms with Crippen LogP contribution in [0.1, 0.15) is 13.3 Å². The van der Waals surface area contributed by atoms with E-state index >= 15 is 0 Å². The predicted octanol–water partition coefficient (Wildman–Crippen LogP) is 4.95. The maximum Gasteiger partial charge on any atom is 0.238 e. The van der Waals surface area contributed by atoms with Crippen molar-refractivity contribution >= 4 is 39.3 Å². The molecule has 20 heavy (non-hydrogen) atoms. The number of amides is 1. The Morgan fingerprint density at radius 3 is 2.50 bits per heavy atom. The van der Waals surface area contributed by atoms with Crippen molar-refractivity contribution in [3.05, 3.63) is 54.6 Å². The first-order chi connectivity index (χ1) is 9.70. The third-order valence-electron chi connectivity index (χ3n) is 2.76. The summed E-state index contributed by atoms with van der Waals surface area (Å²) in [5, 5.41) is 2.97. The van der Waals surface area contributed by atoms with Crippen molar-refractivity contribution in [3.63, 3.8) is 0 Å². The quantitative estimate of drug-likeness (QED) is 0.773. The summed E-state index contributed by atoms with van der Waals surface area (Å²) in [6.07, 6.45) is 0.764. The second-order valence-corrected chi connectivity index (χ2v) is 6.50. The molecule has 0 aliphatic carbocycles. The first-order valence-corrected chi connectivity index (χ1v) is 8.20. The van der Waals surface area contributed by atoms with Crippen LogP contribution in [0.2, 0.25) is 0 Å². The van der Waals surface area contributed by atoms with Crippen LogP contribution < -0.4 is 5.32 Å². The van der Waals surface area contributed by atoms with E-state index in [1.54, 1.807) is 11.8 Å². The highest BCUT2D eigenvalue weighted by molar-refractivity contribution is 9.10. The normalized spacial score (nSPS) is 11.9. The number of halogens is 1. The maximum absolute atomic E-state index is 12.0. The molecule has 0 heterocycles. The van der Waals surface area contributed by atoms with Crippen LogP contribution in [0, 0.1) is 0 Å². The van der Waals surface area contributed by atoms with E-state index in [1.807, 2.05) is 49.4 Å². The first-order valence-electron chi connectivity index (χ1n) is 6.47. The van der Waals surface area contributed by atoms with E-state index in [9.17, 15) is 4.79 Å². The number of benzene rings is 2. The topological polar surface area (TPSA) is 29.1 Å². The van der Waals surface area contributed by atoms with Crippen LogP contribution in [0.25, 0.3) is 0 Å². The van der Waals surface area contributed by atoms with Gasteiger partial charge < -0.3 is 5.32 Å². The number of anilines is 1. The Bertz CT molecular complexity index is 574. The molecule has 2 aromatic rings. The zero-order valence-corrected chi connectivity index (χ0v) is 13.6. The van der Waals surface area contributed by atoms with Gasteiger partial charge in [0.25, 0.3) is 0 Å². The van der Waals surface area contributed by atoms with Gasteiger partial charge in [-0.2, -0.15) is 0 Å². The summed E-state index contributed by atoms with van der Waals surface area (Å²) in [6.45, 7) is 1.98. The molecule has 1 unspecified atom stereocenters. The van der Waals surface area contributed by atoms with E-state index in [0.717, 1.165) is 21.9 Å². The number of carbonyl (C=O) groups excluding carboxylic acids is 1. The van der Waals surface area contributed by atoms with Gasteiger partial charge in [0.15, 0.2) is 0 Å². The van der Waals surface area contributed by atoms with Gasteiger partial charge in [0, 0.05) is 9.79 Å². The molecule has 1 atom stereocenters. The van der Waals surface area contributed by atoms with Crippen LogP contribution in [-0.2, 0) is 4.79 Å². The number of para-hydroxylation sites is 1. The number of nitrogens with one attached hydrogen (secondary N) is 1. The van der Waals surface area contributed by atoms with Gasteiger partial charge in [-0.15, -0.1) is 0 Å². The highest BCUT2D eigenvalue weighted by atomic mass is 79.9. The molecule has 1 N–H and O–H groups in total. The van der Waals surface area contributed by atoms with Gasteiger partial charge in [-0.25, -0.2) is 0 Å². The smallest absolute Gasteiger partial charge is 0.238 e. The van der Waals surface area contributed by atoms with Crippen LogP contribution in [0.4, 0.5) is 5.69 Å². The molecule has 2 nitrogen and oxygen atoms in total. The summed E-state index contributed by atoms with van der Waals surface area (Å²) in [5.41, 5.74) is 0.851. The fourth-order valence-electron chi connectivity index (χ4n) is 1.67. The molecule has 0 saturated heterocycles. The third-order valence-corrected chi connectivity index (χ3v) is 4.91. The Morgan fingerprint density at radius 1 is 1.15 bits per heavy atom. The summed E-state index contributed by atoms with van der Waals surface area (Å²) in [4.78, 5) is 14.0. The lowest BCUT2D eigenvalue weighted by Crippen LogP contribution is -2.22. The van der Waals surface area contributed by atoms with Crippen LogP contribution >= 0.6 is 27.7 Å². The molecular weight excluding hydrogens is 334 g/mol. The van der Waals surface area contributed by atoms with Crippen molar-refractivity contribution in [2.45, 2.75) is 28.0 Å². The van der Waals surface area contributed by atoms with Gasteiger partial charge in [0.2, 0.25) is 5.91 Å². The minimum Gasteiger partial charge on any atom is -0.324 e. The van der Waals surface area contributed by atoms with E-state index in [2.05, 4.69) is 33.4 Å². The molecule has 0 bridgehead atoms. The SMILES string of the molecule is CCC(Br)C(=O)Nc1ccccc1Sc1ccccc1. The molecule has 0 radical (unpaired) electrons. The molecule has 0 spiro atoms.